The zero-order valence-corrected chi connectivity index (χ0v) is 11.5. The third kappa shape index (κ3) is 2.71. The average molecular weight is 276 g/mol. The molecule has 0 atom stereocenters. The van der Waals surface area contributed by atoms with Gasteiger partial charge < -0.3 is 10.1 Å². The van der Waals surface area contributed by atoms with E-state index in [0.29, 0.717) is 11.4 Å². The van der Waals surface area contributed by atoms with Gasteiger partial charge in [0.1, 0.15) is 17.2 Å². The van der Waals surface area contributed by atoms with Crippen LogP contribution in [-0.4, -0.2) is 15.1 Å². The van der Waals surface area contributed by atoms with Crippen molar-refractivity contribution in [1.29, 1.82) is 0 Å². The second-order valence-electron chi connectivity index (χ2n) is 4.67. The molecule has 0 fully saturated rings. The summed E-state index contributed by atoms with van der Waals surface area (Å²) in [6, 6.07) is 5.36. The molecule has 1 heterocycles. The molecule has 0 bridgehead atoms. The van der Waals surface area contributed by atoms with Gasteiger partial charge in [-0.3, -0.25) is 4.79 Å². The molecular formula is C15H17FN2O2. The maximum atomic E-state index is 12.9. The fraction of sp³-hybridized carbons (Fsp3) is 0.333. The van der Waals surface area contributed by atoms with Gasteiger partial charge in [0.15, 0.2) is 0 Å². The predicted molar refractivity (Wildman–Crippen MR) is 75.2 cm³/mol. The van der Waals surface area contributed by atoms with Crippen molar-refractivity contribution < 1.29 is 9.50 Å². The predicted octanol–water partition coefficient (Wildman–Crippen LogP) is 3.19. The van der Waals surface area contributed by atoms with Gasteiger partial charge in [0.25, 0.3) is 5.56 Å². The zero-order chi connectivity index (χ0) is 14.7. The van der Waals surface area contributed by atoms with E-state index < -0.39 is 11.4 Å². The van der Waals surface area contributed by atoms with E-state index in [1.165, 1.54) is 24.3 Å². The Labute approximate surface area is 116 Å². The Morgan fingerprint density at radius 1 is 1.25 bits per heavy atom. The molecule has 0 saturated heterocycles. The number of aromatic nitrogens is 2. The lowest BCUT2D eigenvalue weighted by molar-refractivity contribution is 0.444. The Bertz CT molecular complexity index is 646. The minimum Gasteiger partial charge on any atom is -0.493 e. The minimum absolute atomic E-state index is 0.0692. The van der Waals surface area contributed by atoms with Gasteiger partial charge in [0.2, 0.25) is 5.88 Å². The van der Waals surface area contributed by atoms with E-state index in [1.807, 2.05) is 13.8 Å². The molecule has 0 unspecified atom stereocenters. The second-order valence-corrected chi connectivity index (χ2v) is 4.67. The summed E-state index contributed by atoms with van der Waals surface area (Å²) in [5.74, 6) is -0.118. The van der Waals surface area contributed by atoms with Crippen LogP contribution in [0.3, 0.4) is 0 Å². The largest absolute Gasteiger partial charge is 0.493 e. The summed E-state index contributed by atoms with van der Waals surface area (Å²) in [7, 11) is 0. The summed E-state index contributed by atoms with van der Waals surface area (Å²) in [4.78, 5) is 18.9. The van der Waals surface area contributed by atoms with Crippen molar-refractivity contribution >= 4 is 0 Å². The Morgan fingerprint density at radius 3 is 2.35 bits per heavy atom. The molecule has 0 aliphatic heterocycles. The number of nitrogens with one attached hydrogen (secondary N) is 1. The maximum Gasteiger partial charge on any atom is 0.262 e. The summed E-state index contributed by atoms with van der Waals surface area (Å²) in [5, 5.41) is 10.0. The van der Waals surface area contributed by atoms with Gasteiger partial charge >= 0.3 is 0 Å². The molecule has 0 spiro atoms. The number of hydrogen-bond acceptors (Lipinski definition) is 3. The number of benzene rings is 1. The van der Waals surface area contributed by atoms with E-state index in [2.05, 4.69) is 9.97 Å². The highest BCUT2D eigenvalue weighted by molar-refractivity contribution is 5.67. The van der Waals surface area contributed by atoms with Crippen LogP contribution in [0.4, 0.5) is 4.39 Å². The lowest BCUT2D eigenvalue weighted by Crippen LogP contribution is -2.16. The molecule has 0 saturated carbocycles. The number of halogens is 1. The van der Waals surface area contributed by atoms with Crippen molar-refractivity contribution in [2.24, 2.45) is 0 Å². The molecule has 0 aliphatic rings. The van der Waals surface area contributed by atoms with Crippen LogP contribution < -0.4 is 5.56 Å². The first-order valence-corrected chi connectivity index (χ1v) is 6.65. The minimum atomic E-state index is -0.411. The van der Waals surface area contributed by atoms with Gasteiger partial charge in [0, 0.05) is 5.92 Å². The standard InChI is InChI=1S/C15H17FN2O2/c1-3-9(4-2)13-17-14(19)12(15(20)18-13)10-5-7-11(16)8-6-10/h5-9H,3-4H2,1-2H3,(H2,17,18,19,20). The quantitative estimate of drug-likeness (QED) is 0.901. The number of aromatic amines is 1. The number of aromatic hydroxyl groups is 1. The third-order valence-electron chi connectivity index (χ3n) is 3.42. The van der Waals surface area contributed by atoms with Gasteiger partial charge in [-0.2, -0.15) is 4.98 Å². The second kappa shape index (κ2) is 5.86. The SMILES string of the molecule is CCC(CC)c1nc(O)c(-c2ccc(F)cc2)c(=O)[nH]1. The van der Waals surface area contributed by atoms with Crippen LogP contribution in [0.1, 0.15) is 38.4 Å². The molecule has 0 aliphatic carbocycles. The van der Waals surface area contributed by atoms with E-state index in [0.717, 1.165) is 12.8 Å². The first-order valence-electron chi connectivity index (χ1n) is 6.65. The molecule has 1 aromatic heterocycles. The first kappa shape index (κ1) is 14.2. The Morgan fingerprint density at radius 2 is 1.85 bits per heavy atom. The number of hydrogen-bond donors (Lipinski definition) is 2. The Balaban J connectivity index is 2.51. The van der Waals surface area contributed by atoms with Gasteiger partial charge in [-0.25, -0.2) is 4.39 Å². The lowest BCUT2D eigenvalue weighted by Gasteiger charge is -2.12. The van der Waals surface area contributed by atoms with Crippen LogP contribution in [0.25, 0.3) is 11.1 Å². The van der Waals surface area contributed by atoms with Crippen molar-refractivity contribution in [1.82, 2.24) is 9.97 Å². The van der Waals surface area contributed by atoms with E-state index in [4.69, 9.17) is 0 Å². The maximum absolute atomic E-state index is 12.9. The van der Waals surface area contributed by atoms with Crippen LogP contribution in [0.2, 0.25) is 0 Å². The van der Waals surface area contributed by atoms with E-state index in [9.17, 15) is 14.3 Å². The summed E-state index contributed by atoms with van der Waals surface area (Å²) >= 11 is 0. The summed E-state index contributed by atoms with van der Waals surface area (Å²) < 4.78 is 12.9. The van der Waals surface area contributed by atoms with Crippen molar-refractivity contribution in [2.45, 2.75) is 32.6 Å². The summed E-state index contributed by atoms with van der Waals surface area (Å²) in [6.45, 7) is 4.00. The Hall–Kier alpha value is -2.17. The average Bonchev–Trinajstić information content (AvgIpc) is 2.41. The van der Waals surface area contributed by atoms with Crippen LogP contribution in [0, 0.1) is 5.82 Å². The fourth-order valence-corrected chi connectivity index (χ4v) is 2.22. The third-order valence-corrected chi connectivity index (χ3v) is 3.42. The van der Waals surface area contributed by atoms with E-state index >= 15 is 0 Å². The zero-order valence-electron chi connectivity index (χ0n) is 11.5. The van der Waals surface area contributed by atoms with Crippen molar-refractivity contribution in [3.63, 3.8) is 0 Å². The molecule has 0 radical (unpaired) electrons. The number of H-pyrrole nitrogens is 1. The molecule has 4 nitrogen and oxygen atoms in total. The van der Waals surface area contributed by atoms with Gasteiger partial charge in [0.05, 0.1) is 0 Å². The van der Waals surface area contributed by atoms with Crippen LogP contribution in [-0.2, 0) is 0 Å². The molecular weight excluding hydrogens is 259 g/mol. The normalized spacial score (nSPS) is 11.0. The van der Waals surface area contributed by atoms with Crippen molar-refractivity contribution in [2.75, 3.05) is 0 Å². The molecule has 5 heteroatoms. The molecule has 106 valence electrons. The van der Waals surface area contributed by atoms with Crippen LogP contribution in [0.15, 0.2) is 29.1 Å². The highest BCUT2D eigenvalue weighted by Gasteiger charge is 2.16. The van der Waals surface area contributed by atoms with Crippen molar-refractivity contribution in [3.05, 3.63) is 46.3 Å². The van der Waals surface area contributed by atoms with Gasteiger partial charge in [-0.05, 0) is 30.5 Å². The lowest BCUT2D eigenvalue weighted by atomic mass is 10.0. The Kier molecular flexibility index (Phi) is 4.17. The summed E-state index contributed by atoms with van der Waals surface area (Å²) in [6.07, 6.45) is 1.66. The smallest absolute Gasteiger partial charge is 0.262 e. The molecule has 0 amide bonds. The van der Waals surface area contributed by atoms with Crippen LogP contribution >= 0.6 is 0 Å². The molecule has 2 rings (SSSR count). The number of rotatable bonds is 4. The van der Waals surface area contributed by atoms with E-state index in [1.54, 1.807) is 0 Å². The topological polar surface area (TPSA) is 66.0 Å². The van der Waals surface area contributed by atoms with E-state index in [-0.39, 0.29) is 17.4 Å². The van der Waals surface area contributed by atoms with Gasteiger partial charge in [-0.1, -0.05) is 26.0 Å². The molecule has 2 aromatic rings. The monoisotopic (exact) mass is 276 g/mol. The molecule has 20 heavy (non-hydrogen) atoms. The first-order chi connectivity index (χ1) is 9.56. The van der Waals surface area contributed by atoms with Crippen molar-refractivity contribution in [3.8, 4) is 17.0 Å². The fourth-order valence-electron chi connectivity index (χ4n) is 2.22. The highest BCUT2D eigenvalue weighted by atomic mass is 19.1. The molecule has 1 aromatic carbocycles. The summed E-state index contributed by atoms with van der Waals surface area (Å²) in [5.41, 5.74) is 0.0967. The molecule has 2 N–H and O–H groups in total. The number of nitrogens with zero attached hydrogens (tertiary/aromatic N) is 1. The highest BCUT2D eigenvalue weighted by Crippen LogP contribution is 2.26. The van der Waals surface area contributed by atoms with Gasteiger partial charge in [-0.15, -0.1) is 0 Å². The van der Waals surface area contributed by atoms with Crippen LogP contribution in [0.5, 0.6) is 5.88 Å².